The smallest absolute Gasteiger partial charge is 0.155 e. The molecule has 0 aliphatic heterocycles. The normalized spacial score (nSPS) is 10.7. The van der Waals surface area contributed by atoms with Gasteiger partial charge in [-0.15, -0.1) is 0 Å². The number of benzene rings is 1. The summed E-state index contributed by atoms with van der Waals surface area (Å²) in [4.78, 5) is 4.33. The number of anilines is 1. The van der Waals surface area contributed by atoms with Gasteiger partial charge in [0.15, 0.2) is 5.82 Å². The van der Waals surface area contributed by atoms with Crippen LogP contribution in [0.25, 0.3) is 22.5 Å². The zero-order chi connectivity index (χ0) is 14.1. The summed E-state index contributed by atoms with van der Waals surface area (Å²) >= 11 is 9.44. The Labute approximate surface area is 129 Å². The Kier molecular flexibility index (Phi) is 3.46. The molecule has 0 fully saturated rings. The molecule has 1 aromatic carbocycles. The molecule has 0 aliphatic rings. The first-order valence-electron chi connectivity index (χ1n) is 5.87. The lowest BCUT2D eigenvalue weighted by atomic mass is 10.0. The number of pyridine rings is 1. The van der Waals surface area contributed by atoms with E-state index >= 15 is 0 Å². The van der Waals surface area contributed by atoms with Gasteiger partial charge in [-0.25, -0.2) is 0 Å². The largest absolute Gasteiger partial charge is 0.382 e. The minimum atomic E-state index is 0.421. The number of nitrogens with two attached hydrogens (primary N) is 1. The zero-order valence-electron chi connectivity index (χ0n) is 10.3. The molecule has 0 radical (unpaired) electrons. The maximum atomic E-state index is 6.02. The number of aromatic nitrogens is 3. The molecule has 0 spiro atoms. The van der Waals surface area contributed by atoms with Crippen molar-refractivity contribution in [3.63, 3.8) is 0 Å². The lowest BCUT2D eigenvalue weighted by Crippen LogP contribution is -1.90. The van der Waals surface area contributed by atoms with Crippen LogP contribution >= 0.6 is 27.5 Å². The Bertz CT molecular complexity index is 755. The first-order chi connectivity index (χ1) is 9.66. The molecular formula is C14H10BrClN4. The molecule has 3 rings (SSSR count). The summed E-state index contributed by atoms with van der Waals surface area (Å²) in [7, 11) is 0. The van der Waals surface area contributed by atoms with Gasteiger partial charge in [0.2, 0.25) is 0 Å². The molecule has 3 N–H and O–H groups in total. The molecule has 0 atom stereocenters. The Morgan fingerprint density at radius 2 is 2.05 bits per heavy atom. The summed E-state index contributed by atoms with van der Waals surface area (Å²) in [6, 6.07) is 11.3. The third kappa shape index (κ3) is 2.30. The van der Waals surface area contributed by atoms with Crippen LogP contribution in [0, 0.1) is 0 Å². The summed E-state index contributed by atoms with van der Waals surface area (Å²) in [5.74, 6) is 0.421. The van der Waals surface area contributed by atoms with Crippen molar-refractivity contribution in [2.75, 3.05) is 5.73 Å². The third-order valence-electron chi connectivity index (χ3n) is 2.92. The molecule has 4 nitrogen and oxygen atoms in total. The van der Waals surface area contributed by atoms with Gasteiger partial charge in [-0.2, -0.15) is 5.10 Å². The van der Waals surface area contributed by atoms with E-state index in [1.54, 1.807) is 6.20 Å². The molecular weight excluding hydrogens is 340 g/mol. The Morgan fingerprint density at radius 3 is 2.75 bits per heavy atom. The quantitative estimate of drug-likeness (QED) is 0.730. The number of hydrogen-bond acceptors (Lipinski definition) is 3. The van der Waals surface area contributed by atoms with Crippen molar-refractivity contribution in [2.24, 2.45) is 0 Å². The molecule has 3 aromatic rings. The van der Waals surface area contributed by atoms with Gasteiger partial charge in [0, 0.05) is 16.2 Å². The van der Waals surface area contributed by atoms with Gasteiger partial charge in [-0.3, -0.25) is 10.1 Å². The van der Waals surface area contributed by atoms with Crippen LogP contribution < -0.4 is 5.73 Å². The average molecular weight is 350 g/mol. The highest BCUT2D eigenvalue weighted by atomic mass is 79.9. The van der Waals surface area contributed by atoms with Gasteiger partial charge in [0.05, 0.1) is 22.0 Å². The highest BCUT2D eigenvalue weighted by Gasteiger charge is 2.16. The summed E-state index contributed by atoms with van der Waals surface area (Å²) in [5.41, 5.74) is 9.28. The van der Waals surface area contributed by atoms with Crippen LogP contribution in [0.4, 0.5) is 5.82 Å². The maximum absolute atomic E-state index is 6.02. The summed E-state index contributed by atoms with van der Waals surface area (Å²) in [5, 5.41) is 7.70. The fourth-order valence-corrected chi connectivity index (χ4v) is 2.48. The average Bonchev–Trinajstić information content (AvgIpc) is 2.85. The van der Waals surface area contributed by atoms with Crippen molar-refractivity contribution >= 4 is 33.3 Å². The van der Waals surface area contributed by atoms with E-state index in [-0.39, 0.29) is 0 Å². The topological polar surface area (TPSA) is 67.6 Å². The molecule has 0 aliphatic carbocycles. The summed E-state index contributed by atoms with van der Waals surface area (Å²) in [6.45, 7) is 0. The van der Waals surface area contributed by atoms with E-state index in [9.17, 15) is 0 Å². The first kappa shape index (κ1) is 13.1. The van der Waals surface area contributed by atoms with Crippen LogP contribution in [-0.4, -0.2) is 15.2 Å². The van der Waals surface area contributed by atoms with Crippen molar-refractivity contribution in [2.45, 2.75) is 0 Å². The number of aromatic amines is 1. The number of nitrogen functional groups attached to an aromatic ring is 1. The van der Waals surface area contributed by atoms with E-state index in [0.717, 1.165) is 27.0 Å². The highest BCUT2D eigenvalue weighted by molar-refractivity contribution is 9.10. The van der Waals surface area contributed by atoms with Crippen LogP contribution in [0.5, 0.6) is 0 Å². The SMILES string of the molecule is Nc1n[nH]c(-c2ccc(Cl)c(Br)c2)c1-c1ccccn1. The first-order valence-corrected chi connectivity index (χ1v) is 7.04. The lowest BCUT2D eigenvalue weighted by Gasteiger charge is -2.05. The molecule has 0 amide bonds. The monoisotopic (exact) mass is 348 g/mol. The van der Waals surface area contributed by atoms with Crippen LogP contribution in [0.1, 0.15) is 0 Å². The van der Waals surface area contributed by atoms with Gasteiger partial charge in [-0.05, 0) is 40.2 Å². The zero-order valence-corrected chi connectivity index (χ0v) is 12.6. The Balaban J connectivity index is 2.18. The van der Waals surface area contributed by atoms with E-state index in [4.69, 9.17) is 17.3 Å². The van der Waals surface area contributed by atoms with Crippen LogP contribution in [-0.2, 0) is 0 Å². The van der Waals surface area contributed by atoms with Crippen molar-refractivity contribution in [1.82, 2.24) is 15.2 Å². The lowest BCUT2D eigenvalue weighted by molar-refractivity contribution is 1.10. The van der Waals surface area contributed by atoms with E-state index in [1.807, 2.05) is 36.4 Å². The number of halogens is 2. The van der Waals surface area contributed by atoms with Crippen molar-refractivity contribution < 1.29 is 0 Å². The molecule has 0 bridgehead atoms. The number of nitrogens with zero attached hydrogens (tertiary/aromatic N) is 2. The van der Waals surface area contributed by atoms with E-state index in [2.05, 4.69) is 31.1 Å². The number of hydrogen-bond donors (Lipinski definition) is 2. The van der Waals surface area contributed by atoms with E-state index in [1.165, 1.54) is 0 Å². The molecule has 2 aromatic heterocycles. The predicted molar refractivity (Wildman–Crippen MR) is 84.4 cm³/mol. The third-order valence-corrected chi connectivity index (χ3v) is 4.14. The van der Waals surface area contributed by atoms with Gasteiger partial charge in [-0.1, -0.05) is 23.7 Å². The predicted octanol–water partition coefficient (Wildman–Crippen LogP) is 4.14. The standard InChI is InChI=1S/C14H10BrClN4/c15-9-7-8(4-5-10(9)16)13-12(14(17)20-19-13)11-3-1-2-6-18-11/h1-7H,(H3,17,19,20). The Hall–Kier alpha value is -1.85. The van der Waals surface area contributed by atoms with Crippen LogP contribution in [0.15, 0.2) is 47.1 Å². The molecule has 0 saturated heterocycles. The van der Waals surface area contributed by atoms with Crippen LogP contribution in [0.2, 0.25) is 5.02 Å². The minimum Gasteiger partial charge on any atom is -0.382 e. The second-order valence-electron chi connectivity index (χ2n) is 4.20. The van der Waals surface area contributed by atoms with Gasteiger partial charge < -0.3 is 5.73 Å². The molecule has 2 heterocycles. The minimum absolute atomic E-state index is 0.421. The van der Waals surface area contributed by atoms with Crippen molar-refractivity contribution in [1.29, 1.82) is 0 Å². The second-order valence-corrected chi connectivity index (χ2v) is 5.46. The van der Waals surface area contributed by atoms with E-state index < -0.39 is 0 Å². The maximum Gasteiger partial charge on any atom is 0.155 e. The number of rotatable bonds is 2. The van der Waals surface area contributed by atoms with Gasteiger partial charge in [0.1, 0.15) is 0 Å². The fraction of sp³-hybridized carbons (Fsp3) is 0. The summed E-state index contributed by atoms with van der Waals surface area (Å²) in [6.07, 6.45) is 1.73. The van der Waals surface area contributed by atoms with Gasteiger partial charge in [0.25, 0.3) is 0 Å². The number of nitrogens with one attached hydrogen (secondary N) is 1. The second kappa shape index (κ2) is 5.26. The number of H-pyrrole nitrogens is 1. The summed E-state index contributed by atoms with van der Waals surface area (Å²) < 4.78 is 0.816. The molecule has 0 unspecified atom stereocenters. The van der Waals surface area contributed by atoms with Gasteiger partial charge >= 0.3 is 0 Å². The van der Waals surface area contributed by atoms with Crippen LogP contribution in [0.3, 0.4) is 0 Å². The van der Waals surface area contributed by atoms with Crippen molar-refractivity contribution in [3.05, 3.63) is 52.1 Å². The molecule has 0 saturated carbocycles. The highest BCUT2D eigenvalue weighted by Crippen LogP contribution is 2.35. The fourth-order valence-electron chi connectivity index (χ4n) is 1.99. The van der Waals surface area contributed by atoms with E-state index in [0.29, 0.717) is 10.8 Å². The van der Waals surface area contributed by atoms with Crippen molar-refractivity contribution in [3.8, 4) is 22.5 Å². The Morgan fingerprint density at radius 1 is 1.20 bits per heavy atom. The molecule has 6 heteroatoms. The molecule has 100 valence electrons. The molecule has 20 heavy (non-hydrogen) atoms.